The fraction of sp³-hybridized carbons (Fsp3) is 0.500. The fourth-order valence-corrected chi connectivity index (χ4v) is 4.20. The third-order valence-electron chi connectivity index (χ3n) is 4.89. The highest BCUT2D eigenvalue weighted by Crippen LogP contribution is 2.24. The van der Waals surface area contributed by atoms with Crippen molar-refractivity contribution in [2.75, 3.05) is 18.4 Å². The second-order valence-corrected chi connectivity index (χ2v) is 10.7. The molecule has 2 aromatic heterocycles. The molecule has 3 rings (SSSR count). The zero-order valence-corrected chi connectivity index (χ0v) is 17.0. The monoisotopic (exact) mass is 388 g/mol. The van der Waals surface area contributed by atoms with Crippen LogP contribution in [0.1, 0.15) is 39.3 Å². The largest absolute Gasteiger partial charge is 0.381 e. The molecule has 27 heavy (non-hydrogen) atoms. The molecule has 3 heterocycles. The first-order chi connectivity index (χ1) is 12.8. The molecule has 7 heteroatoms. The molecule has 1 aliphatic heterocycles. The molecule has 1 fully saturated rings. The Morgan fingerprint density at radius 3 is 2.41 bits per heavy atom. The Morgan fingerprint density at radius 1 is 1.11 bits per heavy atom. The number of anilines is 1. The molecule has 0 unspecified atom stereocenters. The molecule has 6 nitrogen and oxygen atoms in total. The summed E-state index contributed by atoms with van der Waals surface area (Å²) in [4.78, 5) is 11.0. The van der Waals surface area contributed by atoms with E-state index in [1.54, 1.807) is 33.0 Å². The number of rotatable bonds is 5. The Hall–Kier alpha value is -1.99. The summed E-state index contributed by atoms with van der Waals surface area (Å²) in [5, 5.41) is 3.61. The number of aromatic nitrogens is 2. The number of likely N-dealkylation sites (tertiary alicyclic amines) is 1. The number of hydrogen-bond acceptors (Lipinski definition) is 6. The third kappa shape index (κ3) is 4.84. The van der Waals surface area contributed by atoms with Gasteiger partial charge in [-0.15, -0.1) is 0 Å². The van der Waals surface area contributed by atoms with Crippen LogP contribution in [0, 0.1) is 0 Å². The summed E-state index contributed by atoms with van der Waals surface area (Å²) in [5.74, 6) is 0. The van der Waals surface area contributed by atoms with E-state index in [4.69, 9.17) is 0 Å². The molecule has 0 amide bonds. The Bertz CT molecular complexity index is 838. The van der Waals surface area contributed by atoms with Crippen LogP contribution in [0.2, 0.25) is 0 Å². The van der Waals surface area contributed by atoms with Crippen LogP contribution in [0.25, 0.3) is 0 Å². The van der Waals surface area contributed by atoms with Gasteiger partial charge in [-0.2, -0.15) is 0 Å². The minimum Gasteiger partial charge on any atom is -0.381 e. The molecular formula is C20H28N4O2S. The zero-order valence-electron chi connectivity index (χ0n) is 16.2. The van der Waals surface area contributed by atoms with Crippen molar-refractivity contribution >= 4 is 15.5 Å². The van der Waals surface area contributed by atoms with Crippen molar-refractivity contribution in [2.45, 2.75) is 56.0 Å². The van der Waals surface area contributed by atoms with Gasteiger partial charge >= 0.3 is 0 Å². The highest BCUT2D eigenvalue weighted by molar-refractivity contribution is 7.92. The van der Waals surface area contributed by atoms with Gasteiger partial charge in [-0.1, -0.05) is 6.07 Å². The van der Waals surface area contributed by atoms with E-state index in [9.17, 15) is 8.42 Å². The average molecular weight is 389 g/mol. The first-order valence-corrected chi connectivity index (χ1v) is 10.8. The Balaban J connectivity index is 1.53. The van der Waals surface area contributed by atoms with Gasteiger partial charge in [-0.3, -0.25) is 9.88 Å². The molecule has 146 valence electrons. The van der Waals surface area contributed by atoms with E-state index in [-0.39, 0.29) is 5.03 Å². The molecule has 1 aliphatic rings. The van der Waals surface area contributed by atoms with E-state index < -0.39 is 14.6 Å². The SMILES string of the molecule is CC(C)(C)S(=O)(=O)c1ccc(NC2CCN(Cc3ccccn3)CC2)cn1. The quantitative estimate of drug-likeness (QED) is 0.848. The molecule has 0 aliphatic carbocycles. The Morgan fingerprint density at radius 2 is 1.85 bits per heavy atom. The number of nitrogens with zero attached hydrogens (tertiary/aromatic N) is 3. The van der Waals surface area contributed by atoms with Crippen LogP contribution in [0.4, 0.5) is 5.69 Å². The van der Waals surface area contributed by atoms with Crippen LogP contribution >= 0.6 is 0 Å². The maximum Gasteiger partial charge on any atom is 0.200 e. The van der Waals surface area contributed by atoms with Crippen LogP contribution in [0.15, 0.2) is 47.8 Å². The van der Waals surface area contributed by atoms with E-state index in [0.717, 1.165) is 43.9 Å². The van der Waals surface area contributed by atoms with Crippen molar-refractivity contribution in [1.82, 2.24) is 14.9 Å². The van der Waals surface area contributed by atoms with Gasteiger partial charge in [0, 0.05) is 31.9 Å². The molecule has 0 aromatic carbocycles. The van der Waals surface area contributed by atoms with E-state index >= 15 is 0 Å². The van der Waals surface area contributed by atoms with E-state index in [0.29, 0.717) is 6.04 Å². The maximum atomic E-state index is 12.4. The molecular weight excluding hydrogens is 360 g/mol. The maximum absolute atomic E-state index is 12.4. The standard InChI is InChI=1S/C20H28N4O2S/c1-20(2,3)27(25,26)19-8-7-17(14-22-19)23-16-9-12-24(13-10-16)15-18-6-4-5-11-21-18/h4-8,11,14,16,23H,9-10,12-13,15H2,1-3H3. The minimum absolute atomic E-state index is 0.130. The summed E-state index contributed by atoms with van der Waals surface area (Å²) < 4.78 is 24.0. The van der Waals surface area contributed by atoms with Gasteiger partial charge in [0.15, 0.2) is 14.9 Å². The summed E-state index contributed by atoms with van der Waals surface area (Å²) in [6.45, 7) is 7.98. The number of sulfone groups is 1. The number of pyridine rings is 2. The fourth-order valence-electron chi connectivity index (χ4n) is 3.13. The normalized spacial score (nSPS) is 17.0. The van der Waals surface area contributed by atoms with E-state index in [1.165, 1.54) is 0 Å². The number of piperidine rings is 1. The summed E-state index contributed by atoms with van der Waals surface area (Å²) in [7, 11) is -3.41. The molecule has 2 aromatic rings. The second-order valence-electron chi connectivity index (χ2n) is 8.02. The second kappa shape index (κ2) is 7.94. The lowest BCUT2D eigenvalue weighted by Gasteiger charge is -2.32. The predicted octanol–water partition coefficient (Wildman–Crippen LogP) is 3.13. The van der Waals surface area contributed by atoms with Crippen molar-refractivity contribution in [3.05, 3.63) is 48.4 Å². The van der Waals surface area contributed by atoms with Crippen molar-refractivity contribution in [3.8, 4) is 0 Å². The lowest BCUT2D eigenvalue weighted by molar-refractivity contribution is 0.209. The lowest BCUT2D eigenvalue weighted by atomic mass is 10.0. The summed E-state index contributed by atoms with van der Waals surface area (Å²) in [6.07, 6.45) is 5.53. The molecule has 0 atom stereocenters. The van der Waals surface area contributed by atoms with Gasteiger partial charge in [0.25, 0.3) is 0 Å². The van der Waals surface area contributed by atoms with Crippen LogP contribution in [0.5, 0.6) is 0 Å². The number of hydrogen-bond donors (Lipinski definition) is 1. The summed E-state index contributed by atoms with van der Waals surface area (Å²) >= 11 is 0. The summed E-state index contributed by atoms with van der Waals surface area (Å²) in [6, 6.07) is 9.80. The number of nitrogens with one attached hydrogen (secondary N) is 1. The van der Waals surface area contributed by atoms with Crippen molar-refractivity contribution in [1.29, 1.82) is 0 Å². The Labute approximate surface area is 162 Å². The van der Waals surface area contributed by atoms with Crippen molar-refractivity contribution in [3.63, 3.8) is 0 Å². The molecule has 0 bridgehead atoms. The highest BCUT2D eigenvalue weighted by atomic mass is 32.2. The first-order valence-electron chi connectivity index (χ1n) is 9.35. The van der Waals surface area contributed by atoms with Gasteiger partial charge in [0.1, 0.15) is 0 Å². The van der Waals surface area contributed by atoms with Crippen LogP contribution in [-0.4, -0.2) is 47.2 Å². The molecule has 0 saturated carbocycles. The summed E-state index contributed by atoms with van der Waals surface area (Å²) in [5.41, 5.74) is 1.97. The van der Waals surface area contributed by atoms with Crippen LogP contribution in [-0.2, 0) is 16.4 Å². The van der Waals surface area contributed by atoms with E-state index in [2.05, 4.69) is 26.3 Å². The van der Waals surface area contributed by atoms with Gasteiger partial charge in [-0.25, -0.2) is 13.4 Å². The smallest absolute Gasteiger partial charge is 0.200 e. The van der Waals surface area contributed by atoms with Gasteiger partial charge < -0.3 is 5.32 Å². The third-order valence-corrected chi connectivity index (χ3v) is 7.29. The van der Waals surface area contributed by atoms with Crippen molar-refractivity contribution in [2.24, 2.45) is 0 Å². The van der Waals surface area contributed by atoms with Gasteiger partial charge in [0.2, 0.25) is 0 Å². The van der Waals surface area contributed by atoms with E-state index in [1.807, 2.05) is 24.4 Å². The van der Waals surface area contributed by atoms with Crippen molar-refractivity contribution < 1.29 is 8.42 Å². The molecule has 1 saturated heterocycles. The topological polar surface area (TPSA) is 75.2 Å². The first kappa shape index (κ1) is 19.8. The average Bonchev–Trinajstić information content (AvgIpc) is 2.64. The minimum atomic E-state index is -3.41. The van der Waals surface area contributed by atoms with Gasteiger partial charge in [-0.05, 0) is 57.9 Å². The predicted molar refractivity (Wildman–Crippen MR) is 107 cm³/mol. The molecule has 0 spiro atoms. The molecule has 0 radical (unpaired) electrons. The Kier molecular flexibility index (Phi) is 5.81. The van der Waals surface area contributed by atoms with Gasteiger partial charge in [0.05, 0.1) is 22.3 Å². The zero-order chi connectivity index (χ0) is 19.5. The van der Waals surface area contributed by atoms with Crippen LogP contribution < -0.4 is 5.32 Å². The molecule has 1 N–H and O–H groups in total. The van der Waals surface area contributed by atoms with Crippen LogP contribution in [0.3, 0.4) is 0 Å². The highest BCUT2D eigenvalue weighted by Gasteiger charge is 2.32. The lowest BCUT2D eigenvalue weighted by Crippen LogP contribution is -2.38.